The summed E-state index contributed by atoms with van der Waals surface area (Å²) in [6, 6.07) is 0. The first kappa shape index (κ1) is 19.9. The van der Waals surface area contributed by atoms with Crippen molar-refractivity contribution in [1.82, 2.24) is 5.32 Å². The summed E-state index contributed by atoms with van der Waals surface area (Å²) >= 11 is 0. The van der Waals surface area contributed by atoms with Crippen molar-refractivity contribution in [2.45, 2.75) is 110 Å². The highest BCUT2D eigenvalue weighted by Gasteiger charge is 2.01. The van der Waals surface area contributed by atoms with E-state index in [1.165, 1.54) is 70.6 Å². The monoisotopic (exact) mass is 285 g/mol. The summed E-state index contributed by atoms with van der Waals surface area (Å²) in [6.45, 7) is 5.41. The topological polar surface area (TPSA) is 32.3 Å². The number of aliphatic hydroxyl groups is 1. The van der Waals surface area contributed by atoms with E-state index in [2.05, 4.69) is 19.2 Å². The van der Waals surface area contributed by atoms with Gasteiger partial charge in [-0.1, -0.05) is 84.5 Å². The molecule has 0 saturated carbocycles. The molecule has 0 amide bonds. The van der Waals surface area contributed by atoms with Gasteiger partial charge in [-0.05, 0) is 25.8 Å². The molecule has 0 bridgehead atoms. The number of aliphatic hydroxyl groups excluding tert-OH is 1. The van der Waals surface area contributed by atoms with Crippen molar-refractivity contribution in [3.05, 3.63) is 0 Å². The van der Waals surface area contributed by atoms with E-state index in [-0.39, 0.29) is 6.23 Å². The molecule has 0 heterocycles. The van der Waals surface area contributed by atoms with Crippen molar-refractivity contribution in [3.8, 4) is 0 Å². The molecule has 0 aliphatic carbocycles. The summed E-state index contributed by atoms with van der Waals surface area (Å²) in [5.41, 5.74) is 0. The van der Waals surface area contributed by atoms with Gasteiger partial charge in [-0.15, -0.1) is 0 Å². The Labute approximate surface area is 127 Å². The first-order valence-corrected chi connectivity index (χ1v) is 9.22. The van der Waals surface area contributed by atoms with Gasteiger partial charge in [0.05, 0.1) is 0 Å². The highest BCUT2D eigenvalue weighted by molar-refractivity contribution is 4.55. The zero-order valence-electron chi connectivity index (χ0n) is 14.1. The fraction of sp³-hybridized carbons (Fsp3) is 1.00. The van der Waals surface area contributed by atoms with Crippen LogP contribution in [0, 0.1) is 0 Å². The van der Waals surface area contributed by atoms with E-state index < -0.39 is 0 Å². The minimum Gasteiger partial charge on any atom is -0.379 e. The van der Waals surface area contributed by atoms with Crippen LogP contribution < -0.4 is 5.32 Å². The predicted octanol–water partition coefficient (Wildman–Crippen LogP) is 5.40. The maximum absolute atomic E-state index is 9.71. The Hall–Kier alpha value is -0.0800. The first-order chi connectivity index (χ1) is 9.81. The molecule has 0 saturated heterocycles. The zero-order valence-corrected chi connectivity index (χ0v) is 14.1. The molecule has 0 spiro atoms. The average Bonchev–Trinajstić information content (AvgIpc) is 2.45. The second kappa shape index (κ2) is 17.0. The third-order valence-electron chi connectivity index (χ3n) is 3.99. The van der Waals surface area contributed by atoms with Crippen molar-refractivity contribution >= 4 is 0 Å². The van der Waals surface area contributed by atoms with Crippen LogP contribution in [0.15, 0.2) is 0 Å². The molecule has 2 heteroatoms. The molecule has 0 aliphatic heterocycles. The second-order valence-corrected chi connectivity index (χ2v) is 6.15. The van der Waals surface area contributed by atoms with E-state index in [0.29, 0.717) is 0 Å². The highest BCUT2D eigenvalue weighted by atomic mass is 16.3. The van der Waals surface area contributed by atoms with Crippen LogP contribution >= 0.6 is 0 Å². The van der Waals surface area contributed by atoms with E-state index in [4.69, 9.17) is 0 Å². The van der Waals surface area contributed by atoms with Crippen LogP contribution in [-0.4, -0.2) is 17.9 Å². The summed E-state index contributed by atoms with van der Waals surface area (Å²) in [7, 11) is 0. The van der Waals surface area contributed by atoms with Crippen LogP contribution in [0.5, 0.6) is 0 Å². The van der Waals surface area contributed by atoms with Gasteiger partial charge in [0.15, 0.2) is 0 Å². The lowest BCUT2D eigenvalue weighted by molar-refractivity contribution is 0.124. The molecule has 0 aliphatic rings. The number of nitrogens with one attached hydrogen (secondary N) is 1. The SMILES string of the molecule is CCCCCCCCCCCCCC(O)NCCCC. The molecule has 0 aromatic heterocycles. The minimum atomic E-state index is -0.278. The molecule has 0 aromatic rings. The van der Waals surface area contributed by atoms with Crippen molar-refractivity contribution in [1.29, 1.82) is 0 Å². The maximum Gasteiger partial charge on any atom is 0.104 e. The summed E-state index contributed by atoms with van der Waals surface area (Å²) in [5.74, 6) is 0. The number of hydrogen-bond donors (Lipinski definition) is 2. The summed E-state index contributed by atoms with van der Waals surface area (Å²) in [5, 5.41) is 12.9. The Morgan fingerprint density at radius 3 is 1.60 bits per heavy atom. The molecular formula is C18H39NO. The molecule has 20 heavy (non-hydrogen) atoms. The normalized spacial score (nSPS) is 12.8. The van der Waals surface area contributed by atoms with Crippen molar-refractivity contribution in [2.75, 3.05) is 6.54 Å². The molecule has 0 aromatic carbocycles. The molecular weight excluding hydrogens is 246 g/mol. The molecule has 1 atom stereocenters. The summed E-state index contributed by atoms with van der Waals surface area (Å²) in [6.07, 6.45) is 18.0. The molecule has 122 valence electrons. The molecule has 1 unspecified atom stereocenters. The first-order valence-electron chi connectivity index (χ1n) is 9.22. The Kier molecular flexibility index (Phi) is 16.9. The van der Waals surface area contributed by atoms with Gasteiger partial charge in [-0.3, -0.25) is 5.32 Å². The molecule has 2 N–H and O–H groups in total. The van der Waals surface area contributed by atoms with Gasteiger partial charge in [-0.2, -0.15) is 0 Å². The Morgan fingerprint density at radius 2 is 1.10 bits per heavy atom. The van der Waals surface area contributed by atoms with E-state index >= 15 is 0 Å². The van der Waals surface area contributed by atoms with Crippen LogP contribution in [0.25, 0.3) is 0 Å². The van der Waals surface area contributed by atoms with Crippen LogP contribution in [0.3, 0.4) is 0 Å². The predicted molar refractivity (Wildman–Crippen MR) is 90.0 cm³/mol. The molecule has 0 rings (SSSR count). The molecule has 0 fully saturated rings. The molecule has 0 radical (unpaired) electrons. The van der Waals surface area contributed by atoms with Gasteiger partial charge >= 0.3 is 0 Å². The lowest BCUT2D eigenvalue weighted by Gasteiger charge is -2.12. The van der Waals surface area contributed by atoms with Gasteiger partial charge < -0.3 is 5.11 Å². The van der Waals surface area contributed by atoms with Gasteiger partial charge in [-0.25, -0.2) is 0 Å². The quantitative estimate of drug-likeness (QED) is 0.294. The number of unbranched alkanes of at least 4 members (excludes halogenated alkanes) is 11. The Morgan fingerprint density at radius 1 is 0.650 bits per heavy atom. The second-order valence-electron chi connectivity index (χ2n) is 6.15. The van der Waals surface area contributed by atoms with Crippen LogP contribution in [0.1, 0.15) is 104 Å². The number of rotatable bonds is 16. The fourth-order valence-electron chi connectivity index (χ4n) is 2.55. The van der Waals surface area contributed by atoms with Crippen LogP contribution in [0.2, 0.25) is 0 Å². The van der Waals surface area contributed by atoms with Gasteiger partial charge in [0.2, 0.25) is 0 Å². The van der Waals surface area contributed by atoms with Gasteiger partial charge in [0.1, 0.15) is 6.23 Å². The Bertz CT molecular complexity index is 173. The third kappa shape index (κ3) is 16.0. The fourth-order valence-corrected chi connectivity index (χ4v) is 2.55. The van der Waals surface area contributed by atoms with Gasteiger partial charge in [0.25, 0.3) is 0 Å². The largest absolute Gasteiger partial charge is 0.379 e. The summed E-state index contributed by atoms with van der Waals surface area (Å²) in [4.78, 5) is 0. The van der Waals surface area contributed by atoms with E-state index in [9.17, 15) is 5.11 Å². The van der Waals surface area contributed by atoms with E-state index in [0.717, 1.165) is 25.8 Å². The highest BCUT2D eigenvalue weighted by Crippen LogP contribution is 2.12. The van der Waals surface area contributed by atoms with Crippen LogP contribution in [-0.2, 0) is 0 Å². The lowest BCUT2D eigenvalue weighted by atomic mass is 10.1. The zero-order chi connectivity index (χ0) is 14.9. The van der Waals surface area contributed by atoms with E-state index in [1.807, 2.05) is 0 Å². The van der Waals surface area contributed by atoms with Crippen molar-refractivity contribution in [2.24, 2.45) is 0 Å². The number of hydrogen-bond acceptors (Lipinski definition) is 2. The maximum atomic E-state index is 9.71. The van der Waals surface area contributed by atoms with Crippen molar-refractivity contribution in [3.63, 3.8) is 0 Å². The molecule has 2 nitrogen and oxygen atoms in total. The Balaban J connectivity index is 3.05. The third-order valence-corrected chi connectivity index (χ3v) is 3.99. The van der Waals surface area contributed by atoms with Crippen molar-refractivity contribution < 1.29 is 5.11 Å². The smallest absolute Gasteiger partial charge is 0.104 e. The lowest BCUT2D eigenvalue weighted by Crippen LogP contribution is -2.29. The van der Waals surface area contributed by atoms with Crippen LogP contribution in [0.4, 0.5) is 0 Å². The van der Waals surface area contributed by atoms with Gasteiger partial charge in [0, 0.05) is 0 Å². The van der Waals surface area contributed by atoms with E-state index in [1.54, 1.807) is 0 Å². The standard InChI is InChI=1S/C18H39NO/c1-3-5-7-8-9-10-11-12-13-14-15-16-18(20)19-17-6-4-2/h18-20H,3-17H2,1-2H3. The summed E-state index contributed by atoms with van der Waals surface area (Å²) < 4.78 is 0. The minimum absolute atomic E-state index is 0.278. The average molecular weight is 286 g/mol.